The van der Waals surface area contributed by atoms with E-state index < -0.39 is 32.5 Å². The number of phosphoric ester groups is 1. The molecule has 0 rings (SSSR count). The third-order valence-electron chi connectivity index (χ3n) is 12.0. The molecule has 0 amide bonds. The zero-order valence-electron chi connectivity index (χ0n) is 47.5. The van der Waals surface area contributed by atoms with Gasteiger partial charge in [-0.3, -0.25) is 18.6 Å². The Morgan fingerprint density at radius 1 is 0.400 bits per heavy atom. The number of hydrogen-bond donors (Lipinski definition) is 2. The number of phosphoric acid groups is 1. The van der Waals surface area contributed by atoms with Gasteiger partial charge in [-0.05, 0) is 109 Å². The van der Waals surface area contributed by atoms with E-state index in [4.69, 9.17) is 24.3 Å². The summed E-state index contributed by atoms with van der Waals surface area (Å²) < 4.78 is 33.0. The van der Waals surface area contributed by atoms with E-state index in [0.717, 1.165) is 128 Å². The van der Waals surface area contributed by atoms with Crippen LogP contribution in [0.1, 0.15) is 232 Å². The molecule has 0 aromatic heterocycles. The zero-order chi connectivity index (χ0) is 54.5. The second kappa shape index (κ2) is 59.4. The Balaban J connectivity index is 3.96. The van der Waals surface area contributed by atoms with Gasteiger partial charge in [0.1, 0.15) is 6.61 Å². The number of rotatable bonds is 54. The van der Waals surface area contributed by atoms with Gasteiger partial charge < -0.3 is 20.1 Å². The maximum atomic E-state index is 12.7. The van der Waals surface area contributed by atoms with Crippen LogP contribution in [0.4, 0.5) is 0 Å². The molecule has 2 unspecified atom stereocenters. The number of unbranched alkanes of at least 4 members (excludes halogenated alkanes) is 19. The molecule has 2 atom stereocenters. The van der Waals surface area contributed by atoms with Crippen molar-refractivity contribution in [3.63, 3.8) is 0 Å². The van der Waals surface area contributed by atoms with Crippen LogP contribution in [-0.4, -0.2) is 49.3 Å². The number of carbonyl (C=O) groups excluding carboxylic acids is 2. The Labute approximate surface area is 459 Å². The van der Waals surface area contributed by atoms with Crippen molar-refractivity contribution in [2.45, 2.75) is 238 Å². The van der Waals surface area contributed by atoms with E-state index in [2.05, 4.69) is 148 Å². The van der Waals surface area contributed by atoms with Crippen molar-refractivity contribution < 1.29 is 37.6 Å². The summed E-state index contributed by atoms with van der Waals surface area (Å²) in [7, 11) is -4.40. The van der Waals surface area contributed by atoms with Crippen LogP contribution < -0.4 is 5.73 Å². The van der Waals surface area contributed by atoms with Gasteiger partial charge in [-0.15, -0.1) is 0 Å². The topological polar surface area (TPSA) is 134 Å². The maximum absolute atomic E-state index is 12.7. The molecule has 0 radical (unpaired) electrons. The predicted molar refractivity (Wildman–Crippen MR) is 320 cm³/mol. The predicted octanol–water partition coefficient (Wildman–Crippen LogP) is 19.0. The Kier molecular flexibility index (Phi) is 56.3. The summed E-state index contributed by atoms with van der Waals surface area (Å²) in [6.07, 6.45) is 83.7. The van der Waals surface area contributed by atoms with Crippen molar-refractivity contribution in [2.75, 3.05) is 26.4 Å². The van der Waals surface area contributed by atoms with Crippen molar-refractivity contribution in [1.82, 2.24) is 0 Å². The normalized spacial score (nSPS) is 14.0. The minimum atomic E-state index is -4.40. The van der Waals surface area contributed by atoms with E-state index in [1.54, 1.807) is 0 Å². The molecule has 0 aromatic rings. The van der Waals surface area contributed by atoms with Crippen LogP contribution in [-0.2, 0) is 32.7 Å². The minimum absolute atomic E-state index is 0.0456. The van der Waals surface area contributed by atoms with Crippen molar-refractivity contribution in [3.05, 3.63) is 134 Å². The fourth-order valence-corrected chi connectivity index (χ4v) is 8.49. The van der Waals surface area contributed by atoms with Crippen LogP contribution in [0.15, 0.2) is 134 Å². The maximum Gasteiger partial charge on any atom is 0.472 e. The highest BCUT2D eigenvalue weighted by atomic mass is 31.2. The van der Waals surface area contributed by atoms with Gasteiger partial charge in [-0.25, -0.2) is 4.57 Å². The molecule has 0 fully saturated rings. The lowest BCUT2D eigenvalue weighted by molar-refractivity contribution is -0.161. The fourth-order valence-electron chi connectivity index (χ4n) is 7.72. The van der Waals surface area contributed by atoms with Crippen LogP contribution in [0.5, 0.6) is 0 Å². The highest BCUT2D eigenvalue weighted by Crippen LogP contribution is 2.43. The monoisotopic (exact) mass is 1060 g/mol. The first-order valence-electron chi connectivity index (χ1n) is 29.7. The number of hydrogen-bond acceptors (Lipinski definition) is 8. The molecule has 3 N–H and O–H groups in total. The van der Waals surface area contributed by atoms with Gasteiger partial charge in [-0.2, -0.15) is 0 Å². The third kappa shape index (κ3) is 59.3. The molecule has 426 valence electrons. The summed E-state index contributed by atoms with van der Waals surface area (Å²) in [4.78, 5) is 35.2. The SMILES string of the molecule is CC/C=C\C/C=C\C/C=C\C/C=C\C/C=C\C/C=C\C/C=C\C/C=C\CCCCCCCCCCCCCCC(=O)OC(COC(=O)CCCCCCCCC/C=C\C/C=C\C/C=C\CC)COP(=O)(O)OCCN. The van der Waals surface area contributed by atoms with Crippen molar-refractivity contribution in [2.24, 2.45) is 5.73 Å². The minimum Gasteiger partial charge on any atom is -0.462 e. The van der Waals surface area contributed by atoms with E-state index in [1.165, 1.54) is 70.6 Å². The van der Waals surface area contributed by atoms with Crippen molar-refractivity contribution in [3.8, 4) is 0 Å². The Hall–Kier alpha value is -3.85. The van der Waals surface area contributed by atoms with Gasteiger partial charge in [0.2, 0.25) is 0 Å². The van der Waals surface area contributed by atoms with Crippen LogP contribution in [0.25, 0.3) is 0 Å². The highest BCUT2D eigenvalue weighted by Gasteiger charge is 2.26. The Bertz CT molecular complexity index is 1680. The molecule has 10 heteroatoms. The van der Waals surface area contributed by atoms with Gasteiger partial charge in [-0.1, -0.05) is 244 Å². The van der Waals surface area contributed by atoms with Crippen LogP contribution >= 0.6 is 7.82 Å². The van der Waals surface area contributed by atoms with Crippen LogP contribution in [0.3, 0.4) is 0 Å². The molecule has 0 aliphatic heterocycles. The largest absolute Gasteiger partial charge is 0.472 e. The smallest absolute Gasteiger partial charge is 0.462 e. The standard InChI is InChI=1S/C65H108NO8P/c1-3-5-7-9-11-13-15-17-19-21-22-23-24-25-26-27-28-29-30-31-32-33-34-35-36-37-38-39-40-42-44-46-48-50-52-54-56-58-65(68)74-63(62-73-75(69,70)72-60-59-66)61-71-64(67)57-55-53-51-49-47-45-43-41-20-18-16-14-12-10-8-6-4-2/h5-8,11-14,17-20,22-23,25-26,28-29,31-32,34-35,63H,3-4,9-10,15-16,21,24,27,30,33,36-62,66H2,1-2H3,(H,69,70)/b7-5-,8-6-,13-11-,14-12-,19-17-,20-18-,23-22-,26-25-,29-28-,32-31-,35-34-. The van der Waals surface area contributed by atoms with Gasteiger partial charge in [0.25, 0.3) is 0 Å². The molecule has 9 nitrogen and oxygen atoms in total. The average molecular weight is 1060 g/mol. The second-order valence-corrected chi connectivity index (χ2v) is 20.6. The van der Waals surface area contributed by atoms with Crippen LogP contribution in [0, 0.1) is 0 Å². The van der Waals surface area contributed by atoms with Gasteiger partial charge in [0, 0.05) is 19.4 Å². The zero-order valence-corrected chi connectivity index (χ0v) is 48.4. The average Bonchev–Trinajstić information content (AvgIpc) is 3.40. The van der Waals surface area contributed by atoms with E-state index in [1.807, 2.05) is 0 Å². The molecular formula is C65H108NO8P. The van der Waals surface area contributed by atoms with E-state index in [0.29, 0.717) is 6.42 Å². The van der Waals surface area contributed by atoms with Gasteiger partial charge in [0.05, 0.1) is 13.2 Å². The van der Waals surface area contributed by atoms with E-state index in [-0.39, 0.29) is 32.6 Å². The molecule has 75 heavy (non-hydrogen) atoms. The van der Waals surface area contributed by atoms with Gasteiger partial charge in [0.15, 0.2) is 6.10 Å². The number of esters is 2. The molecular weight excluding hydrogens is 954 g/mol. The lowest BCUT2D eigenvalue weighted by atomic mass is 10.0. The summed E-state index contributed by atoms with van der Waals surface area (Å²) in [5, 5.41) is 0. The van der Waals surface area contributed by atoms with E-state index in [9.17, 15) is 19.0 Å². The number of allylic oxidation sites excluding steroid dienone is 22. The number of nitrogens with two attached hydrogens (primary N) is 1. The fraction of sp³-hybridized carbons (Fsp3) is 0.631. The highest BCUT2D eigenvalue weighted by molar-refractivity contribution is 7.47. The molecule has 0 saturated carbocycles. The second-order valence-electron chi connectivity index (χ2n) is 19.1. The quantitative estimate of drug-likeness (QED) is 0.0264. The molecule has 0 heterocycles. The van der Waals surface area contributed by atoms with Gasteiger partial charge >= 0.3 is 19.8 Å². The van der Waals surface area contributed by atoms with Crippen molar-refractivity contribution in [1.29, 1.82) is 0 Å². The molecule has 0 bridgehead atoms. The first kappa shape index (κ1) is 71.2. The molecule has 0 spiro atoms. The lowest BCUT2D eigenvalue weighted by Gasteiger charge is -2.19. The summed E-state index contributed by atoms with van der Waals surface area (Å²) in [5.41, 5.74) is 5.38. The first-order valence-corrected chi connectivity index (χ1v) is 31.2. The van der Waals surface area contributed by atoms with Crippen molar-refractivity contribution >= 4 is 19.8 Å². The Morgan fingerprint density at radius 3 is 1.03 bits per heavy atom. The molecule has 0 aliphatic carbocycles. The number of carbonyl (C=O) groups is 2. The van der Waals surface area contributed by atoms with Crippen LogP contribution in [0.2, 0.25) is 0 Å². The summed E-state index contributed by atoms with van der Waals surface area (Å²) in [6, 6.07) is 0. The summed E-state index contributed by atoms with van der Waals surface area (Å²) in [6.45, 7) is 3.49. The first-order chi connectivity index (χ1) is 36.8. The lowest BCUT2D eigenvalue weighted by Crippen LogP contribution is -2.29. The molecule has 0 aliphatic rings. The summed E-state index contributed by atoms with van der Waals surface area (Å²) in [5.74, 6) is -0.847. The van der Waals surface area contributed by atoms with E-state index >= 15 is 0 Å². The molecule has 0 saturated heterocycles. The third-order valence-corrected chi connectivity index (χ3v) is 13.0. The molecule has 0 aromatic carbocycles. The summed E-state index contributed by atoms with van der Waals surface area (Å²) >= 11 is 0. The number of ether oxygens (including phenoxy) is 2. The Morgan fingerprint density at radius 2 is 0.693 bits per heavy atom.